The molecule has 0 unspecified atom stereocenters. The Morgan fingerprint density at radius 2 is 2.00 bits per heavy atom. The van der Waals surface area contributed by atoms with Gasteiger partial charge in [-0.3, -0.25) is 9.89 Å². The van der Waals surface area contributed by atoms with Crippen molar-refractivity contribution in [1.82, 2.24) is 15.5 Å². The molecule has 25 heavy (non-hydrogen) atoms. The van der Waals surface area contributed by atoms with E-state index in [4.69, 9.17) is 4.74 Å². The lowest BCUT2D eigenvalue weighted by atomic mass is 10.1. The van der Waals surface area contributed by atoms with Crippen LogP contribution in [-0.4, -0.2) is 23.2 Å². The quantitative estimate of drug-likeness (QED) is 0.748. The van der Waals surface area contributed by atoms with E-state index < -0.39 is 5.82 Å². The number of rotatable bonds is 5. The number of nitrogens with zero attached hydrogens (tertiary/aromatic N) is 1. The molecule has 5 nitrogen and oxygen atoms in total. The third kappa shape index (κ3) is 3.68. The summed E-state index contributed by atoms with van der Waals surface area (Å²) in [6, 6.07) is 12.0. The molecule has 2 aromatic carbocycles. The number of amides is 1. The Bertz CT molecular complexity index is 888. The lowest BCUT2D eigenvalue weighted by Crippen LogP contribution is -2.23. The molecule has 1 amide bonds. The minimum atomic E-state index is -0.394. The first-order chi connectivity index (χ1) is 12.1. The highest BCUT2D eigenvalue weighted by atomic mass is 19.1. The molecule has 0 fully saturated rings. The molecule has 0 saturated heterocycles. The van der Waals surface area contributed by atoms with Gasteiger partial charge >= 0.3 is 0 Å². The van der Waals surface area contributed by atoms with Crippen LogP contribution in [0.5, 0.6) is 5.75 Å². The Morgan fingerprint density at radius 3 is 2.68 bits per heavy atom. The molecule has 0 aliphatic rings. The summed E-state index contributed by atoms with van der Waals surface area (Å²) in [5.74, 6) is 0.0372. The fourth-order valence-corrected chi connectivity index (χ4v) is 2.46. The number of H-pyrrole nitrogens is 1. The van der Waals surface area contributed by atoms with Crippen molar-refractivity contribution < 1.29 is 13.9 Å². The number of aromatic amines is 1. The SMILES string of the molecule is COc1ccc(-c2[nH]ncc2CNC(=O)c2ccc(C)c(F)c2)cc1. The molecule has 2 N–H and O–H groups in total. The number of carbonyl (C=O) groups excluding carboxylic acids is 1. The maximum absolute atomic E-state index is 13.6. The van der Waals surface area contributed by atoms with E-state index in [1.54, 1.807) is 32.4 Å². The standard InChI is InChI=1S/C19H18FN3O2/c1-12-3-4-14(9-17(12)20)19(24)21-10-15-11-22-23-18(15)13-5-7-16(25-2)8-6-13/h3-9,11H,10H2,1-2H3,(H,21,24)(H,22,23). The molecule has 3 rings (SSSR count). The summed E-state index contributed by atoms with van der Waals surface area (Å²) in [6.07, 6.45) is 1.66. The minimum absolute atomic E-state index is 0.284. The Labute approximate surface area is 144 Å². The third-order valence-corrected chi connectivity index (χ3v) is 3.97. The number of methoxy groups -OCH3 is 1. The normalized spacial score (nSPS) is 10.5. The number of ether oxygens (including phenoxy) is 1. The summed E-state index contributed by atoms with van der Waals surface area (Å²) in [6.45, 7) is 1.94. The number of hydrogen-bond acceptors (Lipinski definition) is 3. The molecule has 1 aromatic heterocycles. The monoisotopic (exact) mass is 339 g/mol. The van der Waals surface area contributed by atoms with E-state index in [9.17, 15) is 9.18 Å². The average Bonchev–Trinajstić information content (AvgIpc) is 3.10. The molecule has 3 aromatic rings. The van der Waals surface area contributed by atoms with Crippen LogP contribution in [-0.2, 0) is 6.54 Å². The predicted molar refractivity (Wildman–Crippen MR) is 92.9 cm³/mol. The minimum Gasteiger partial charge on any atom is -0.497 e. The lowest BCUT2D eigenvalue weighted by Gasteiger charge is -2.08. The van der Waals surface area contributed by atoms with Crippen molar-refractivity contribution in [3.8, 4) is 17.0 Å². The first-order valence-electron chi connectivity index (χ1n) is 7.79. The number of aryl methyl sites for hydroxylation is 1. The summed E-state index contributed by atoms with van der Waals surface area (Å²) in [5.41, 5.74) is 3.39. The van der Waals surface area contributed by atoms with Crippen LogP contribution < -0.4 is 10.1 Å². The van der Waals surface area contributed by atoms with Crippen LogP contribution in [0.4, 0.5) is 4.39 Å². The molecule has 0 aliphatic heterocycles. The molecular weight excluding hydrogens is 321 g/mol. The van der Waals surface area contributed by atoms with Gasteiger partial charge in [0.05, 0.1) is 19.0 Å². The van der Waals surface area contributed by atoms with E-state index in [0.717, 1.165) is 22.6 Å². The number of halogens is 1. The largest absolute Gasteiger partial charge is 0.497 e. The number of nitrogens with one attached hydrogen (secondary N) is 2. The molecule has 0 radical (unpaired) electrons. The van der Waals surface area contributed by atoms with Crippen molar-refractivity contribution in [1.29, 1.82) is 0 Å². The van der Waals surface area contributed by atoms with Gasteiger partial charge in [-0.25, -0.2) is 4.39 Å². The molecule has 0 bridgehead atoms. The highest BCUT2D eigenvalue weighted by molar-refractivity contribution is 5.94. The maximum atomic E-state index is 13.6. The Hall–Kier alpha value is -3.15. The summed E-state index contributed by atoms with van der Waals surface area (Å²) >= 11 is 0. The van der Waals surface area contributed by atoms with E-state index >= 15 is 0 Å². The molecule has 128 valence electrons. The summed E-state index contributed by atoms with van der Waals surface area (Å²) in [5, 5.41) is 9.78. The molecule has 0 saturated carbocycles. The van der Waals surface area contributed by atoms with E-state index in [0.29, 0.717) is 5.56 Å². The van der Waals surface area contributed by atoms with Gasteiger partial charge in [0.25, 0.3) is 5.91 Å². The van der Waals surface area contributed by atoms with Crippen LogP contribution >= 0.6 is 0 Å². The Morgan fingerprint density at radius 1 is 1.24 bits per heavy atom. The van der Waals surface area contributed by atoms with Crippen LogP contribution in [0, 0.1) is 12.7 Å². The zero-order valence-electron chi connectivity index (χ0n) is 14.0. The van der Waals surface area contributed by atoms with E-state index in [2.05, 4.69) is 15.5 Å². The summed E-state index contributed by atoms with van der Waals surface area (Å²) in [4.78, 5) is 12.2. The van der Waals surface area contributed by atoms with Crippen LogP contribution in [0.25, 0.3) is 11.3 Å². The number of benzene rings is 2. The Kier molecular flexibility index (Phi) is 4.79. The number of hydrogen-bond donors (Lipinski definition) is 2. The molecular formula is C19H18FN3O2. The van der Waals surface area contributed by atoms with Crippen molar-refractivity contribution in [2.75, 3.05) is 7.11 Å². The average molecular weight is 339 g/mol. The van der Waals surface area contributed by atoms with Crippen molar-refractivity contribution in [2.24, 2.45) is 0 Å². The molecule has 0 aliphatic carbocycles. The van der Waals surface area contributed by atoms with E-state index in [1.165, 1.54) is 6.07 Å². The first kappa shape index (κ1) is 16.7. The van der Waals surface area contributed by atoms with Crippen molar-refractivity contribution in [3.63, 3.8) is 0 Å². The van der Waals surface area contributed by atoms with Gasteiger partial charge in [-0.15, -0.1) is 0 Å². The van der Waals surface area contributed by atoms with Gasteiger partial charge in [-0.2, -0.15) is 5.10 Å². The second-order valence-electron chi connectivity index (χ2n) is 5.65. The maximum Gasteiger partial charge on any atom is 0.251 e. The summed E-state index contributed by atoms with van der Waals surface area (Å²) < 4.78 is 18.7. The van der Waals surface area contributed by atoms with Gasteiger partial charge in [0.15, 0.2) is 0 Å². The fraction of sp³-hybridized carbons (Fsp3) is 0.158. The van der Waals surface area contributed by atoms with Gasteiger partial charge in [0.1, 0.15) is 11.6 Å². The Balaban J connectivity index is 1.72. The highest BCUT2D eigenvalue weighted by Gasteiger charge is 2.11. The van der Waals surface area contributed by atoms with Crippen LogP contribution in [0.15, 0.2) is 48.7 Å². The van der Waals surface area contributed by atoms with E-state index in [1.807, 2.05) is 24.3 Å². The zero-order chi connectivity index (χ0) is 17.8. The van der Waals surface area contributed by atoms with Gasteiger partial charge < -0.3 is 10.1 Å². The van der Waals surface area contributed by atoms with Crippen molar-refractivity contribution in [2.45, 2.75) is 13.5 Å². The first-order valence-corrected chi connectivity index (χ1v) is 7.79. The molecule has 0 atom stereocenters. The fourth-order valence-electron chi connectivity index (χ4n) is 2.46. The van der Waals surface area contributed by atoms with Gasteiger partial charge in [0.2, 0.25) is 0 Å². The van der Waals surface area contributed by atoms with E-state index in [-0.39, 0.29) is 18.0 Å². The molecule has 6 heteroatoms. The molecule has 0 spiro atoms. The van der Waals surface area contributed by atoms with Gasteiger partial charge in [-0.1, -0.05) is 6.07 Å². The molecule has 1 heterocycles. The van der Waals surface area contributed by atoms with Gasteiger partial charge in [-0.05, 0) is 48.9 Å². The second kappa shape index (κ2) is 7.17. The summed E-state index contributed by atoms with van der Waals surface area (Å²) in [7, 11) is 1.61. The highest BCUT2D eigenvalue weighted by Crippen LogP contribution is 2.23. The van der Waals surface area contributed by atoms with Crippen LogP contribution in [0.3, 0.4) is 0 Å². The van der Waals surface area contributed by atoms with Gasteiger partial charge in [0, 0.05) is 23.2 Å². The van der Waals surface area contributed by atoms with Crippen molar-refractivity contribution in [3.05, 3.63) is 71.2 Å². The topological polar surface area (TPSA) is 67.0 Å². The smallest absolute Gasteiger partial charge is 0.251 e. The third-order valence-electron chi connectivity index (χ3n) is 3.97. The zero-order valence-corrected chi connectivity index (χ0v) is 14.0. The number of carbonyl (C=O) groups is 1. The number of aromatic nitrogens is 2. The second-order valence-corrected chi connectivity index (χ2v) is 5.65. The lowest BCUT2D eigenvalue weighted by molar-refractivity contribution is 0.0950. The van der Waals surface area contributed by atoms with Crippen LogP contribution in [0.2, 0.25) is 0 Å². The van der Waals surface area contributed by atoms with Crippen molar-refractivity contribution >= 4 is 5.91 Å². The van der Waals surface area contributed by atoms with Crippen LogP contribution in [0.1, 0.15) is 21.5 Å². The predicted octanol–water partition coefficient (Wildman–Crippen LogP) is 3.46.